The molecule has 1 N–H and O–H groups in total. The van der Waals surface area contributed by atoms with Gasteiger partial charge in [-0.3, -0.25) is 4.90 Å². The van der Waals surface area contributed by atoms with Crippen LogP contribution in [0.25, 0.3) is 11.0 Å². The number of quaternary nitrogens is 1. The summed E-state index contributed by atoms with van der Waals surface area (Å²) in [6, 6.07) is 2.73. The number of fused-ring (bicyclic) bond motifs is 4. The summed E-state index contributed by atoms with van der Waals surface area (Å²) in [7, 11) is 0. The molecule has 1 aromatic heterocycles. The van der Waals surface area contributed by atoms with Crippen LogP contribution >= 0.6 is 0 Å². The molecule has 0 amide bonds. The topological polar surface area (TPSA) is 43.9 Å². The standard InChI is InChI=1S/C18H21NO3/c1-10(2)19-8-12-7-15-13-5-4-6-14(13)18(20)22-17(15)11(3)16(12)21-9-19/h7,10H,4-6,8-9H2,1-3H3/p+1. The smallest absolute Gasteiger partial charge is 0.339 e. The van der Waals surface area contributed by atoms with Gasteiger partial charge < -0.3 is 9.15 Å². The van der Waals surface area contributed by atoms with E-state index in [2.05, 4.69) is 19.9 Å². The highest BCUT2D eigenvalue weighted by Crippen LogP contribution is 2.36. The van der Waals surface area contributed by atoms with Crippen molar-refractivity contribution in [2.45, 2.75) is 52.6 Å². The van der Waals surface area contributed by atoms with Gasteiger partial charge in [-0.25, -0.2) is 4.79 Å². The van der Waals surface area contributed by atoms with Gasteiger partial charge in [0.1, 0.15) is 17.9 Å². The molecule has 4 nitrogen and oxygen atoms in total. The maximum atomic E-state index is 12.2. The van der Waals surface area contributed by atoms with Crippen LogP contribution in [-0.4, -0.2) is 12.8 Å². The van der Waals surface area contributed by atoms with Crippen LogP contribution in [0.4, 0.5) is 0 Å². The second-order valence-corrected chi connectivity index (χ2v) is 6.85. The van der Waals surface area contributed by atoms with Crippen molar-refractivity contribution in [3.63, 3.8) is 0 Å². The minimum Gasteiger partial charge on any atom is -0.444 e. The summed E-state index contributed by atoms with van der Waals surface area (Å²) in [5.74, 6) is 0.915. The Kier molecular flexibility index (Phi) is 3.05. The van der Waals surface area contributed by atoms with Crippen LogP contribution in [0.3, 0.4) is 0 Å². The van der Waals surface area contributed by atoms with Gasteiger partial charge in [0, 0.05) is 22.1 Å². The van der Waals surface area contributed by atoms with E-state index in [-0.39, 0.29) is 5.63 Å². The normalized spacial score (nSPS) is 20.1. The largest absolute Gasteiger partial charge is 0.444 e. The summed E-state index contributed by atoms with van der Waals surface area (Å²) in [5.41, 5.74) is 4.86. The van der Waals surface area contributed by atoms with E-state index in [4.69, 9.17) is 9.15 Å². The van der Waals surface area contributed by atoms with Gasteiger partial charge in [-0.05, 0) is 51.7 Å². The zero-order chi connectivity index (χ0) is 15.4. The Labute approximate surface area is 129 Å². The third-order valence-corrected chi connectivity index (χ3v) is 5.16. The molecule has 1 aromatic carbocycles. The van der Waals surface area contributed by atoms with Gasteiger partial charge in [0.25, 0.3) is 0 Å². The Morgan fingerprint density at radius 2 is 2.00 bits per heavy atom. The van der Waals surface area contributed by atoms with Crippen molar-refractivity contribution in [2.24, 2.45) is 0 Å². The summed E-state index contributed by atoms with van der Waals surface area (Å²) < 4.78 is 11.6. The van der Waals surface area contributed by atoms with Crippen molar-refractivity contribution in [3.8, 4) is 5.75 Å². The van der Waals surface area contributed by atoms with Crippen LogP contribution in [0, 0.1) is 6.92 Å². The minimum absolute atomic E-state index is 0.159. The van der Waals surface area contributed by atoms with E-state index < -0.39 is 0 Å². The highest BCUT2D eigenvalue weighted by Gasteiger charge is 2.28. The van der Waals surface area contributed by atoms with Crippen LogP contribution in [0.15, 0.2) is 15.3 Å². The Balaban J connectivity index is 1.96. The van der Waals surface area contributed by atoms with Crippen molar-refractivity contribution >= 4 is 11.0 Å². The molecule has 2 aromatic rings. The van der Waals surface area contributed by atoms with Crippen LogP contribution in [0.5, 0.6) is 5.75 Å². The number of rotatable bonds is 1. The molecule has 0 spiro atoms. The molecule has 0 fully saturated rings. The van der Waals surface area contributed by atoms with E-state index in [0.717, 1.165) is 53.7 Å². The van der Waals surface area contributed by atoms with Gasteiger partial charge in [-0.15, -0.1) is 0 Å². The lowest BCUT2D eigenvalue weighted by atomic mass is 9.99. The molecule has 4 heteroatoms. The SMILES string of the molecule is Cc1c2c(cc3c4c(c(=O)oc13)CCC4)C[NH+](C(C)C)CO2. The highest BCUT2D eigenvalue weighted by atomic mass is 16.5. The molecule has 0 bridgehead atoms. The fraction of sp³-hybridized carbons (Fsp3) is 0.500. The summed E-state index contributed by atoms with van der Waals surface area (Å²) in [6.07, 6.45) is 2.89. The first kappa shape index (κ1) is 13.8. The molecule has 1 unspecified atom stereocenters. The number of hydrogen-bond acceptors (Lipinski definition) is 3. The molecule has 0 saturated carbocycles. The number of ether oxygens (including phenoxy) is 1. The van der Waals surface area contributed by atoms with Gasteiger partial charge in [0.05, 0.1) is 6.04 Å². The lowest BCUT2D eigenvalue weighted by molar-refractivity contribution is -0.952. The van der Waals surface area contributed by atoms with Crippen molar-refractivity contribution in [3.05, 3.63) is 38.7 Å². The molecule has 2 aliphatic rings. The first-order valence-electron chi connectivity index (χ1n) is 8.14. The van der Waals surface area contributed by atoms with Gasteiger partial charge in [-0.1, -0.05) is 0 Å². The second-order valence-electron chi connectivity index (χ2n) is 6.85. The van der Waals surface area contributed by atoms with E-state index in [0.29, 0.717) is 12.8 Å². The third kappa shape index (κ3) is 1.90. The lowest BCUT2D eigenvalue weighted by Gasteiger charge is -2.30. The van der Waals surface area contributed by atoms with Crippen LogP contribution < -0.4 is 15.3 Å². The molecule has 1 atom stereocenters. The maximum Gasteiger partial charge on any atom is 0.339 e. The number of benzene rings is 1. The molecule has 0 radical (unpaired) electrons. The van der Waals surface area contributed by atoms with Crippen LogP contribution in [-0.2, 0) is 19.4 Å². The number of aryl methyl sites for hydroxylation is 2. The van der Waals surface area contributed by atoms with E-state index in [1.807, 2.05) is 6.92 Å². The molecular weight excluding hydrogens is 278 g/mol. The van der Waals surface area contributed by atoms with E-state index in [1.165, 1.54) is 16.0 Å². The van der Waals surface area contributed by atoms with Crippen LogP contribution in [0.1, 0.15) is 42.5 Å². The summed E-state index contributed by atoms with van der Waals surface area (Å²) in [6.45, 7) is 8.08. The monoisotopic (exact) mass is 300 g/mol. The zero-order valence-corrected chi connectivity index (χ0v) is 13.4. The maximum absolute atomic E-state index is 12.2. The molecule has 4 rings (SSSR count). The fourth-order valence-electron chi connectivity index (χ4n) is 3.79. The summed E-state index contributed by atoms with van der Waals surface area (Å²) >= 11 is 0. The van der Waals surface area contributed by atoms with E-state index in [1.54, 1.807) is 0 Å². The highest BCUT2D eigenvalue weighted by molar-refractivity contribution is 5.87. The van der Waals surface area contributed by atoms with Crippen LogP contribution in [0.2, 0.25) is 0 Å². The van der Waals surface area contributed by atoms with Gasteiger partial charge >= 0.3 is 5.63 Å². The van der Waals surface area contributed by atoms with Crippen molar-refractivity contribution in [1.82, 2.24) is 0 Å². The predicted octanol–water partition coefficient (Wildman–Crippen LogP) is 1.73. The molecule has 2 heterocycles. The van der Waals surface area contributed by atoms with Crippen molar-refractivity contribution in [1.29, 1.82) is 0 Å². The zero-order valence-electron chi connectivity index (χ0n) is 13.4. The van der Waals surface area contributed by atoms with E-state index >= 15 is 0 Å². The summed E-state index contributed by atoms with van der Waals surface area (Å²) in [5, 5.41) is 1.12. The Morgan fingerprint density at radius 3 is 2.77 bits per heavy atom. The van der Waals surface area contributed by atoms with Gasteiger partial charge in [0.15, 0.2) is 0 Å². The van der Waals surface area contributed by atoms with Gasteiger partial charge in [-0.2, -0.15) is 0 Å². The molecule has 22 heavy (non-hydrogen) atoms. The summed E-state index contributed by atoms with van der Waals surface area (Å²) in [4.78, 5) is 13.6. The minimum atomic E-state index is -0.159. The Morgan fingerprint density at radius 1 is 1.23 bits per heavy atom. The number of nitrogens with one attached hydrogen (secondary N) is 1. The van der Waals surface area contributed by atoms with Crippen molar-refractivity contribution < 1.29 is 14.1 Å². The Hall–Kier alpha value is -1.81. The second kappa shape index (κ2) is 4.85. The van der Waals surface area contributed by atoms with Crippen molar-refractivity contribution in [2.75, 3.05) is 6.73 Å². The predicted molar refractivity (Wildman–Crippen MR) is 84.5 cm³/mol. The van der Waals surface area contributed by atoms with E-state index in [9.17, 15) is 4.79 Å². The molecule has 116 valence electrons. The average molecular weight is 300 g/mol. The Bertz CT molecular complexity index is 819. The first-order chi connectivity index (χ1) is 10.6. The van der Waals surface area contributed by atoms with Gasteiger partial charge in [0.2, 0.25) is 6.73 Å². The molecule has 1 aliphatic heterocycles. The molecular formula is C18H22NO3+. The first-order valence-corrected chi connectivity index (χ1v) is 8.14. The molecule has 1 aliphatic carbocycles. The molecule has 0 saturated heterocycles. The fourth-order valence-corrected chi connectivity index (χ4v) is 3.79. The quantitative estimate of drug-likeness (QED) is 0.816. The average Bonchev–Trinajstić information content (AvgIpc) is 2.99. The number of hydrogen-bond donors (Lipinski definition) is 1. The lowest BCUT2D eigenvalue weighted by Crippen LogP contribution is -3.15. The third-order valence-electron chi connectivity index (χ3n) is 5.16.